The van der Waals surface area contributed by atoms with Crippen LogP contribution in [0, 0.1) is 5.92 Å². The Kier molecular flexibility index (Phi) is 4.93. The Morgan fingerprint density at radius 2 is 1.86 bits per heavy atom. The molecule has 0 radical (unpaired) electrons. The van der Waals surface area contributed by atoms with Crippen molar-refractivity contribution in [3.8, 4) is 5.75 Å². The van der Waals surface area contributed by atoms with Gasteiger partial charge in [0.05, 0.1) is 0 Å². The minimum atomic E-state index is -4.35. The van der Waals surface area contributed by atoms with Crippen molar-refractivity contribution >= 4 is 6.03 Å². The number of amides is 2. The first kappa shape index (κ1) is 15.5. The van der Waals surface area contributed by atoms with Gasteiger partial charge in [0, 0.05) is 13.1 Å². The third-order valence-electron chi connectivity index (χ3n) is 3.03. The van der Waals surface area contributed by atoms with E-state index in [1.807, 2.05) is 0 Å². The summed E-state index contributed by atoms with van der Waals surface area (Å²) in [5, 5.41) is 5.45. The summed E-state index contributed by atoms with van der Waals surface area (Å²) in [5.74, 6) is 0.759. The minimum Gasteiger partial charge on any atom is -0.484 e. The Balaban J connectivity index is 1.69. The van der Waals surface area contributed by atoms with Crippen LogP contribution in [0.2, 0.25) is 0 Å². The highest BCUT2D eigenvalue weighted by Crippen LogP contribution is 2.27. The Morgan fingerprint density at radius 3 is 2.43 bits per heavy atom. The molecule has 1 aliphatic carbocycles. The van der Waals surface area contributed by atoms with Crippen molar-refractivity contribution < 1.29 is 22.7 Å². The Morgan fingerprint density at radius 1 is 1.19 bits per heavy atom. The summed E-state index contributed by atoms with van der Waals surface area (Å²) >= 11 is 0. The predicted molar refractivity (Wildman–Crippen MR) is 71.0 cm³/mol. The molecule has 1 aromatic carbocycles. The van der Waals surface area contributed by atoms with Crippen molar-refractivity contribution in [2.75, 3.05) is 13.2 Å². The van der Waals surface area contributed by atoms with Crippen molar-refractivity contribution in [3.05, 3.63) is 29.8 Å². The van der Waals surface area contributed by atoms with Gasteiger partial charge in [0.25, 0.3) is 0 Å². The van der Waals surface area contributed by atoms with E-state index in [9.17, 15) is 18.0 Å². The molecule has 4 nitrogen and oxygen atoms in total. The van der Waals surface area contributed by atoms with E-state index in [1.54, 1.807) is 12.1 Å². The van der Waals surface area contributed by atoms with Crippen LogP contribution in [-0.2, 0) is 6.54 Å². The first-order valence-corrected chi connectivity index (χ1v) is 6.72. The second kappa shape index (κ2) is 6.69. The highest BCUT2D eigenvalue weighted by molar-refractivity contribution is 5.73. The first-order valence-electron chi connectivity index (χ1n) is 6.72. The van der Waals surface area contributed by atoms with Gasteiger partial charge in [-0.3, -0.25) is 0 Å². The summed E-state index contributed by atoms with van der Waals surface area (Å²) in [7, 11) is 0. The number of carbonyl (C=O) groups excluding carboxylic acids is 1. The Hall–Kier alpha value is -1.92. The van der Waals surface area contributed by atoms with E-state index in [-0.39, 0.29) is 11.8 Å². The fraction of sp³-hybridized carbons (Fsp3) is 0.500. The zero-order valence-corrected chi connectivity index (χ0v) is 11.4. The summed E-state index contributed by atoms with van der Waals surface area (Å²) < 4.78 is 40.6. The second-order valence-electron chi connectivity index (χ2n) is 5.05. The molecule has 1 saturated carbocycles. The molecule has 0 bridgehead atoms. The summed E-state index contributed by atoms with van der Waals surface area (Å²) in [6.45, 7) is -0.305. The number of carbonyl (C=O) groups is 1. The van der Waals surface area contributed by atoms with Crippen molar-refractivity contribution in [2.24, 2.45) is 5.92 Å². The standard InChI is InChI=1S/C14H17F3N2O2/c15-14(16,17)9-21-12-5-3-11(4-6-12)8-19-13(20)18-7-10-1-2-10/h3-6,10H,1-2,7-9H2,(H2,18,19,20). The van der Waals surface area contributed by atoms with Crippen LogP contribution >= 0.6 is 0 Å². The van der Waals surface area contributed by atoms with E-state index < -0.39 is 12.8 Å². The van der Waals surface area contributed by atoms with Gasteiger partial charge in [-0.15, -0.1) is 0 Å². The molecule has 0 aromatic heterocycles. The number of hydrogen-bond acceptors (Lipinski definition) is 2. The summed E-state index contributed by atoms with van der Waals surface area (Å²) in [5.41, 5.74) is 0.788. The van der Waals surface area contributed by atoms with Crippen molar-refractivity contribution in [3.63, 3.8) is 0 Å². The summed E-state index contributed by atoms with van der Waals surface area (Å²) in [4.78, 5) is 11.5. The van der Waals surface area contributed by atoms with Gasteiger partial charge in [0.1, 0.15) is 5.75 Å². The maximum atomic E-state index is 12.0. The lowest BCUT2D eigenvalue weighted by atomic mass is 10.2. The van der Waals surface area contributed by atoms with E-state index in [2.05, 4.69) is 15.4 Å². The third-order valence-corrected chi connectivity index (χ3v) is 3.03. The number of urea groups is 1. The molecule has 0 spiro atoms. The number of alkyl halides is 3. The summed E-state index contributed by atoms with van der Waals surface area (Å²) in [6, 6.07) is 5.90. The number of nitrogens with one attached hydrogen (secondary N) is 2. The second-order valence-corrected chi connectivity index (χ2v) is 5.05. The minimum absolute atomic E-state index is 0.147. The van der Waals surface area contributed by atoms with Crippen LogP contribution in [0.4, 0.5) is 18.0 Å². The van der Waals surface area contributed by atoms with E-state index in [4.69, 9.17) is 0 Å². The number of benzene rings is 1. The van der Waals surface area contributed by atoms with Crippen LogP contribution in [0.15, 0.2) is 24.3 Å². The summed E-state index contributed by atoms with van der Waals surface area (Å²) in [6.07, 6.45) is -2.01. The number of rotatable bonds is 6. The fourth-order valence-electron chi connectivity index (χ4n) is 1.67. The predicted octanol–water partition coefficient (Wildman–Crippen LogP) is 2.84. The van der Waals surface area contributed by atoms with Crippen LogP contribution in [-0.4, -0.2) is 25.4 Å². The molecule has 0 atom stereocenters. The molecule has 2 rings (SSSR count). The Labute approximate surface area is 120 Å². The van der Waals surface area contributed by atoms with Gasteiger partial charge < -0.3 is 15.4 Å². The Bertz CT molecular complexity index is 470. The van der Waals surface area contributed by atoms with Gasteiger partial charge >= 0.3 is 12.2 Å². The number of halogens is 3. The van der Waals surface area contributed by atoms with Crippen LogP contribution in [0.25, 0.3) is 0 Å². The molecule has 0 unspecified atom stereocenters. The maximum absolute atomic E-state index is 12.0. The largest absolute Gasteiger partial charge is 0.484 e. The van der Waals surface area contributed by atoms with Gasteiger partial charge in [-0.2, -0.15) is 13.2 Å². The molecule has 0 saturated heterocycles. The normalized spacial score (nSPS) is 14.6. The topological polar surface area (TPSA) is 50.4 Å². The van der Waals surface area contributed by atoms with Crippen molar-refractivity contribution in [2.45, 2.75) is 25.6 Å². The number of ether oxygens (including phenoxy) is 1. The zero-order valence-electron chi connectivity index (χ0n) is 11.4. The zero-order chi connectivity index (χ0) is 15.3. The fourth-order valence-corrected chi connectivity index (χ4v) is 1.67. The molecule has 0 heterocycles. The van der Waals surface area contributed by atoms with Crippen LogP contribution in [0.5, 0.6) is 5.75 Å². The van der Waals surface area contributed by atoms with E-state index in [0.717, 1.165) is 5.56 Å². The van der Waals surface area contributed by atoms with Gasteiger partial charge in [-0.05, 0) is 36.5 Å². The molecule has 1 fully saturated rings. The van der Waals surface area contributed by atoms with Gasteiger partial charge in [-0.1, -0.05) is 12.1 Å². The molecule has 7 heteroatoms. The van der Waals surface area contributed by atoms with Crippen molar-refractivity contribution in [1.82, 2.24) is 10.6 Å². The molecule has 116 valence electrons. The smallest absolute Gasteiger partial charge is 0.422 e. The maximum Gasteiger partial charge on any atom is 0.422 e. The molecular weight excluding hydrogens is 285 g/mol. The average molecular weight is 302 g/mol. The molecule has 1 aromatic rings. The monoisotopic (exact) mass is 302 g/mol. The SMILES string of the molecule is O=C(NCc1ccc(OCC(F)(F)F)cc1)NCC1CC1. The van der Waals surface area contributed by atoms with E-state index >= 15 is 0 Å². The van der Waals surface area contributed by atoms with Crippen LogP contribution in [0.3, 0.4) is 0 Å². The molecular formula is C14H17F3N2O2. The quantitative estimate of drug-likeness (QED) is 0.849. The third kappa shape index (κ3) is 6.37. The highest BCUT2D eigenvalue weighted by Gasteiger charge is 2.28. The molecule has 1 aliphatic rings. The van der Waals surface area contributed by atoms with Crippen LogP contribution < -0.4 is 15.4 Å². The number of hydrogen-bond donors (Lipinski definition) is 2. The van der Waals surface area contributed by atoms with Crippen LogP contribution in [0.1, 0.15) is 18.4 Å². The molecule has 21 heavy (non-hydrogen) atoms. The average Bonchev–Trinajstić information content (AvgIpc) is 3.25. The lowest BCUT2D eigenvalue weighted by Crippen LogP contribution is -2.36. The first-order chi connectivity index (χ1) is 9.92. The highest BCUT2D eigenvalue weighted by atomic mass is 19.4. The van der Waals surface area contributed by atoms with Gasteiger partial charge in [-0.25, -0.2) is 4.79 Å². The molecule has 2 amide bonds. The van der Waals surface area contributed by atoms with E-state index in [1.165, 1.54) is 25.0 Å². The lowest BCUT2D eigenvalue weighted by Gasteiger charge is -2.10. The van der Waals surface area contributed by atoms with E-state index in [0.29, 0.717) is 19.0 Å². The molecule has 2 N–H and O–H groups in total. The van der Waals surface area contributed by atoms with Crippen molar-refractivity contribution in [1.29, 1.82) is 0 Å². The van der Waals surface area contributed by atoms with Gasteiger partial charge in [0.2, 0.25) is 0 Å². The van der Waals surface area contributed by atoms with Gasteiger partial charge in [0.15, 0.2) is 6.61 Å². The lowest BCUT2D eigenvalue weighted by molar-refractivity contribution is -0.153. The molecule has 0 aliphatic heterocycles.